The fourth-order valence-corrected chi connectivity index (χ4v) is 0.264. The summed E-state index contributed by atoms with van der Waals surface area (Å²) in [6.07, 6.45) is -4.71. The van der Waals surface area contributed by atoms with Gasteiger partial charge in [0.25, 0.3) is 0 Å². The van der Waals surface area contributed by atoms with Crippen LogP contribution in [0.2, 0.25) is 0 Å². The summed E-state index contributed by atoms with van der Waals surface area (Å²) in [6.45, 7) is 0. The standard InChI is InChI=1S/C4H6O6.Ag.4H2O/c5-1(3(7)8)2(6)4(9)10;;;;;/h1-2,5-6H,(H,7,8)(H,9,10);;4*1H2/q;+1;;;;/p-1/t1-,2-;;;;;/m1...../s1. The molecular weight excluding hydrogens is 316 g/mol. The number of carbonyl (C=O) groups excluding carboxylic acids is 1. The zero-order valence-electron chi connectivity index (χ0n) is 7.02. The number of carboxylic acid groups (broad SMARTS) is 2. The molecule has 0 fully saturated rings. The Morgan fingerprint density at radius 1 is 0.933 bits per heavy atom. The van der Waals surface area contributed by atoms with Gasteiger partial charge in [-0.25, -0.2) is 4.79 Å². The SMILES string of the molecule is O.O.O.O.O=C([O-])[C@H](O)[C@@H](O)C(=O)O.[Ag+]. The first-order chi connectivity index (χ1) is 4.46. The predicted molar refractivity (Wildman–Crippen MR) is 39.1 cm³/mol. The average Bonchev–Trinajstić information content (AvgIpc) is 1.84. The van der Waals surface area contributed by atoms with Gasteiger partial charge in [-0.2, -0.15) is 0 Å². The smallest absolute Gasteiger partial charge is 0.547 e. The Balaban J connectivity index is -0.0000000405. The normalized spacial score (nSPS) is 10.5. The monoisotopic (exact) mass is 328 g/mol. The molecule has 0 aliphatic rings. The molecule has 0 aromatic heterocycles. The predicted octanol–water partition coefficient (Wildman–Crippen LogP) is -6.76. The molecule has 0 aromatic carbocycles. The van der Waals surface area contributed by atoms with Crippen molar-refractivity contribution in [2.45, 2.75) is 12.2 Å². The van der Waals surface area contributed by atoms with Crippen LogP contribution in [-0.2, 0) is 32.0 Å². The minimum Gasteiger partial charge on any atom is -0.547 e. The molecule has 0 bridgehead atoms. The van der Waals surface area contributed by atoms with Crippen LogP contribution in [0.25, 0.3) is 0 Å². The first-order valence-electron chi connectivity index (χ1n) is 2.26. The maximum atomic E-state index is 9.74. The number of carboxylic acids is 2. The maximum absolute atomic E-state index is 9.74. The van der Waals surface area contributed by atoms with Gasteiger partial charge in [0.05, 0.1) is 5.97 Å². The van der Waals surface area contributed by atoms with Crippen molar-refractivity contribution in [3.63, 3.8) is 0 Å². The number of rotatable bonds is 3. The maximum Gasteiger partial charge on any atom is 1.00 e. The van der Waals surface area contributed by atoms with E-state index >= 15 is 0 Å². The second-order valence-corrected chi connectivity index (χ2v) is 1.55. The van der Waals surface area contributed by atoms with Gasteiger partial charge < -0.3 is 47.1 Å². The Kier molecular flexibility index (Phi) is 38.8. The molecule has 10 nitrogen and oxygen atoms in total. The molecular formula is C4H13AgO10. The number of aliphatic hydroxyl groups excluding tert-OH is 2. The summed E-state index contributed by atoms with van der Waals surface area (Å²) in [5, 5.41) is 34.1. The summed E-state index contributed by atoms with van der Waals surface area (Å²) in [6, 6.07) is 0. The van der Waals surface area contributed by atoms with Crippen LogP contribution in [0.1, 0.15) is 0 Å². The first kappa shape index (κ1) is 36.6. The van der Waals surface area contributed by atoms with Gasteiger partial charge in [-0.3, -0.25) is 0 Å². The molecule has 0 aliphatic carbocycles. The molecule has 11 N–H and O–H groups in total. The van der Waals surface area contributed by atoms with Crippen molar-refractivity contribution in [3.05, 3.63) is 0 Å². The molecule has 11 heteroatoms. The van der Waals surface area contributed by atoms with E-state index in [1.54, 1.807) is 0 Å². The zero-order chi connectivity index (χ0) is 8.31. The second-order valence-electron chi connectivity index (χ2n) is 1.55. The van der Waals surface area contributed by atoms with E-state index in [2.05, 4.69) is 0 Å². The van der Waals surface area contributed by atoms with Crippen LogP contribution in [0.5, 0.6) is 0 Å². The van der Waals surface area contributed by atoms with Gasteiger partial charge in [-0.15, -0.1) is 0 Å². The molecule has 0 aliphatic heterocycles. The fourth-order valence-electron chi connectivity index (χ4n) is 0.264. The minimum atomic E-state index is -2.38. The summed E-state index contributed by atoms with van der Waals surface area (Å²) in [7, 11) is 0. The molecule has 0 rings (SSSR count). The van der Waals surface area contributed by atoms with Gasteiger partial charge in [-0.1, -0.05) is 0 Å². The molecule has 0 heterocycles. The number of aliphatic carboxylic acids is 2. The van der Waals surface area contributed by atoms with E-state index in [9.17, 15) is 14.7 Å². The van der Waals surface area contributed by atoms with Crippen molar-refractivity contribution in [2.24, 2.45) is 0 Å². The van der Waals surface area contributed by atoms with Crippen LogP contribution in [0, 0.1) is 0 Å². The number of hydrogen-bond donors (Lipinski definition) is 3. The van der Waals surface area contributed by atoms with E-state index in [1.807, 2.05) is 0 Å². The molecule has 0 radical (unpaired) electrons. The van der Waals surface area contributed by atoms with E-state index in [1.165, 1.54) is 0 Å². The molecule has 0 spiro atoms. The van der Waals surface area contributed by atoms with Gasteiger partial charge in [0.15, 0.2) is 6.10 Å². The van der Waals surface area contributed by atoms with E-state index in [0.717, 1.165) is 0 Å². The topological polar surface area (TPSA) is 244 Å². The Labute approximate surface area is 98.9 Å². The molecule has 2 atom stereocenters. The summed E-state index contributed by atoms with van der Waals surface area (Å²) in [5.41, 5.74) is 0. The second kappa shape index (κ2) is 15.9. The van der Waals surface area contributed by atoms with Crippen molar-refractivity contribution >= 4 is 11.9 Å². The molecule has 0 unspecified atom stereocenters. The van der Waals surface area contributed by atoms with Gasteiger partial charge in [0.2, 0.25) is 0 Å². The third kappa shape index (κ3) is 13.4. The van der Waals surface area contributed by atoms with Gasteiger partial charge in [-0.05, 0) is 0 Å². The van der Waals surface area contributed by atoms with Gasteiger partial charge in [0, 0.05) is 0 Å². The Hall–Kier alpha value is -0.560. The van der Waals surface area contributed by atoms with Crippen molar-refractivity contribution in [1.29, 1.82) is 0 Å². The van der Waals surface area contributed by atoms with Crippen LogP contribution in [0.4, 0.5) is 0 Å². The average molecular weight is 329 g/mol. The van der Waals surface area contributed by atoms with E-state index in [4.69, 9.17) is 15.3 Å². The summed E-state index contributed by atoms with van der Waals surface area (Å²) in [4.78, 5) is 19.4. The Bertz CT molecular complexity index is 142. The van der Waals surface area contributed by atoms with Gasteiger partial charge >= 0.3 is 28.3 Å². The Morgan fingerprint density at radius 2 is 1.20 bits per heavy atom. The largest absolute Gasteiger partial charge is 1.00 e. The zero-order valence-corrected chi connectivity index (χ0v) is 8.50. The molecule has 0 saturated carbocycles. The van der Waals surface area contributed by atoms with Crippen LogP contribution in [0.3, 0.4) is 0 Å². The molecule has 0 amide bonds. The van der Waals surface area contributed by atoms with Crippen LogP contribution < -0.4 is 5.11 Å². The number of hydrogen-bond acceptors (Lipinski definition) is 5. The number of carbonyl (C=O) groups is 2. The van der Waals surface area contributed by atoms with E-state index in [-0.39, 0.29) is 44.3 Å². The van der Waals surface area contributed by atoms with E-state index in [0.29, 0.717) is 0 Å². The quantitative estimate of drug-likeness (QED) is 0.424. The Morgan fingerprint density at radius 3 is 1.27 bits per heavy atom. The van der Waals surface area contributed by atoms with Crippen LogP contribution >= 0.6 is 0 Å². The molecule has 0 saturated heterocycles. The first-order valence-corrected chi connectivity index (χ1v) is 2.26. The third-order valence-corrected chi connectivity index (χ3v) is 0.794. The summed E-state index contributed by atoms with van der Waals surface area (Å²) < 4.78 is 0. The molecule has 0 aromatic rings. The van der Waals surface area contributed by atoms with Crippen molar-refractivity contribution in [2.75, 3.05) is 0 Å². The van der Waals surface area contributed by atoms with E-state index < -0.39 is 24.1 Å². The molecule has 100 valence electrons. The van der Waals surface area contributed by atoms with Gasteiger partial charge in [0.1, 0.15) is 6.10 Å². The summed E-state index contributed by atoms with van der Waals surface area (Å²) in [5.74, 6) is -3.83. The minimum absolute atomic E-state index is 0. The summed E-state index contributed by atoms with van der Waals surface area (Å²) >= 11 is 0. The van der Waals surface area contributed by atoms with Crippen LogP contribution in [0.15, 0.2) is 0 Å². The number of aliphatic hydroxyl groups is 2. The van der Waals surface area contributed by atoms with Crippen molar-refractivity contribution in [1.82, 2.24) is 0 Å². The fraction of sp³-hybridized carbons (Fsp3) is 0.500. The van der Waals surface area contributed by atoms with Crippen LogP contribution in [-0.4, -0.2) is 61.4 Å². The third-order valence-electron chi connectivity index (χ3n) is 0.794. The molecule has 15 heavy (non-hydrogen) atoms. The van der Waals surface area contributed by atoms with Crippen molar-refractivity contribution < 1.29 is 74.3 Å². The van der Waals surface area contributed by atoms with Crippen molar-refractivity contribution in [3.8, 4) is 0 Å².